The van der Waals surface area contributed by atoms with Crippen LogP contribution >= 0.6 is 0 Å². The van der Waals surface area contributed by atoms with Gasteiger partial charge in [0.1, 0.15) is 11.5 Å². The number of nitrogens with zero attached hydrogens (tertiary/aromatic N) is 5. The minimum Gasteiger partial charge on any atom is -0.434 e. The normalized spacial score (nSPS) is 16.1. The highest BCUT2D eigenvalue weighted by molar-refractivity contribution is 5.93. The highest BCUT2D eigenvalue weighted by Gasteiger charge is 2.38. The first-order chi connectivity index (χ1) is 15.4. The van der Waals surface area contributed by atoms with Crippen LogP contribution in [0.1, 0.15) is 59.1 Å². The van der Waals surface area contributed by atoms with Crippen LogP contribution in [0.4, 0.5) is 0 Å². The molecule has 0 spiro atoms. The topological polar surface area (TPSA) is 112 Å². The number of hydrogen-bond acceptors (Lipinski definition) is 6. The van der Waals surface area contributed by atoms with Crippen LogP contribution in [0.15, 0.2) is 47.1 Å². The average molecular weight is 426 g/mol. The zero-order valence-corrected chi connectivity index (χ0v) is 18.1. The molecule has 4 heterocycles. The molecule has 0 saturated heterocycles. The molecule has 0 bridgehead atoms. The fourth-order valence-corrected chi connectivity index (χ4v) is 4.07. The minimum absolute atomic E-state index is 0.146. The number of hydrogen-bond donors (Lipinski definition) is 1. The van der Waals surface area contributed by atoms with Gasteiger partial charge in [-0.05, 0) is 32.9 Å². The predicted octanol–water partition coefficient (Wildman–Crippen LogP) is 3.84. The van der Waals surface area contributed by atoms with Crippen LogP contribution in [-0.2, 0) is 11.8 Å². The number of nitrogens with one attached hydrogen (secondary N) is 1. The lowest BCUT2D eigenvalue weighted by atomic mass is 9.96. The molecule has 5 rings (SSSR count). The lowest BCUT2D eigenvalue weighted by Crippen LogP contribution is -2.41. The molecule has 1 N–H and O–H groups in total. The van der Waals surface area contributed by atoms with E-state index in [4.69, 9.17) is 9.40 Å². The monoisotopic (exact) mass is 426 g/mol. The zero-order valence-electron chi connectivity index (χ0n) is 18.1. The van der Waals surface area contributed by atoms with E-state index in [1.807, 2.05) is 36.4 Å². The molecule has 4 aromatic rings. The number of amides is 1. The first-order valence-corrected chi connectivity index (χ1v) is 10.5. The third-order valence-corrected chi connectivity index (χ3v) is 5.89. The van der Waals surface area contributed by atoms with Gasteiger partial charge >= 0.3 is 0 Å². The first kappa shape index (κ1) is 19.9. The molecular formula is C24H22N6O2. The van der Waals surface area contributed by atoms with Crippen LogP contribution in [0, 0.1) is 18.3 Å². The van der Waals surface area contributed by atoms with Crippen molar-refractivity contribution in [2.45, 2.75) is 38.6 Å². The van der Waals surface area contributed by atoms with E-state index in [0.29, 0.717) is 18.7 Å². The van der Waals surface area contributed by atoms with Gasteiger partial charge in [-0.2, -0.15) is 5.26 Å². The van der Waals surface area contributed by atoms with E-state index in [1.54, 1.807) is 32.0 Å². The van der Waals surface area contributed by atoms with Gasteiger partial charge < -0.3 is 14.3 Å². The Morgan fingerprint density at radius 1 is 1.25 bits per heavy atom. The molecule has 160 valence electrons. The van der Waals surface area contributed by atoms with E-state index in [0.717, 1.165) is 28.0 Å². The van der Waals surface area contributed by atoms with E-state index >= 15 is 0 Å². The van der Waals surface area contributed by atoms with Crippen LogP contribution in [0.2, 0.25) is 0 Å². The maximum absolute atomic E-state index is 13.7. The fourth-order valence-electron chi connectivity index (χ4n) is 4.07. The van der Waals surface area contributed by atoms with Gasteiger partial charge in [0.05, 0.1) is 35.0 Å². The van der Waals surface area contributed by atoms with E-state index in [1.165, 1.54) is 0 Å². The molecule has 0 fully saturated rings. The second-order valence-corrected chi connectivity index (χ2v) is 8.52. The number of imidazole rings is 1. The summed E-state index contributed by atoms with van der Waals surface area (Å²) in [4.78, 5) is 32.3. The van der Waals surface area contributed by atoms with Crippen molar-refractivity contribution in [3.8, 4) is 6.07 Å². The second kappa shape index (κ2) is 7.31. The highest BCUT2D eigenvalue weighted by Crippen LogP contribution is 2.35. The quantitative estimate of drug-likeness (QED) is 0.533. The predicted molar refractivity (Wildman–Crippen MR) is 117 cm³/mol. The molecule has 1 atom stereocenters. The maximum Gasteiger partial charge on any atom is 0.292 e. The Morgan fingerprint density at radius 3 is 2.88 bits per heavy atom. The van der Waals surface area contributed by atoms with Crippen molar-refractivity contribution in [2.75, 3.05) is 6.54 Å². The Hall–Kier alpha value is -3.99. The van der Waals surface area contributed by atoms with Gasteiger partial charge in [0.25, 0.3) is 5.91 Å². The van der Waals surface area contributed by atoms with E-state index < -0.39 is 11.5 Å². The molecule has 32 heavy (non-hydrogen) atoms. The number of rotatable bonds is 3. The Kier molecular flexibility index (Phi) is 4.55. The van der Waals surface area contributed by atoms with Crippen molar-refractivity contribution < 1.29 is 9.21 Å². The summed E-state index contributed by atoms with van der Waals surface area (Å²) >= 11 is 0. The molecule has 0 radical (unpaired) electrons. The lowest BCUT2D eigenvalue weighted by Gasteiger charge is -2.34. The maximum atomic E-state index is 13.7. The summed E-state index contributed by atoms with van der Waals surface area (Å²) in [6, 6.07) is 13.5. The molecule has 0 unspecified atom stereocenters. The number of carbonyl (C=O) groups excluding carboxylic acids is 1. The van der Waals surface area contributed by atoms with Gasteiger partial charge in [-0.3, -0.25) is 9.78 Å². The van der Waals surface area contributed by atoms with Crippen molar-refractivity contribution in [1.82, 2.24) is 24.8 Å². The summed E-state index contributed by atoms with van der Waals surface area (Å²) in [5.74, 6) is 0.0930. The fraction of sp³-hybridized carbons (Fsp3) is 0.292. The highest BCUT2D eigenvalue weighted by atomic mass is 16.4. The lowest BCUT2D eigenvalue weighted by molar-refractivity contribution is 0.0650. The Bertz CT molecular complexity index is 1380. The van der Waals surface area contributed by atoms with Gasteiger partial charge in [0.15, 0.2) is 0 Å². The number of pyridine rings is 1. The van der Waals surface area contributed by atoms with Crippen molar-refractivity contribution in [3.05, 3.63) is 77.2 Å². The van der Waals surface area contributed by atoms with Crippen molar-refractivity contribution in [1.29, 1.82) is 5.26 Å². The van der Waals surface area contributed by atoms with Crippen LogP contribution in [0.3, 0.4) is 0 Å². The molecule has 1 aromatic carbocycles. The SMILES string of the molecule is Cc1nc(C(C)(C)C#N)oc1C(=O)N1CCc2[nH]cnc2[C@H]1c1ccc2ccccc2n1. The number of aromatic amines is 1. The summed E-state index contributed by atoms with van der Waals surface area (Å²) in [6.45, 7) is 5.63. The number of carbonyl (C=O) groups is 1. The molecule has 0 saturated carbocycles. The van der Waals surface area contributed by atoms with E-state index in [9.17, 15) is 10.1 Å². The zero-order chi connectivity index (χ0) is 22.5. The molecule has 0 aliphatic carbocycles. The van der Waals surface area contributed by atoms with Gasteiger partial charge in [0.2, 0.25) is 11.7 Å². The number of H-pyrrole nitrogens is 1. The number of nitriles is 1. The number of benzene rings is 1. The van der Waals surface area contributed by atoms with Gasteiger partial charge in [-0.25, -0.2) is 9.97 Å². The van der Waals surface area contributed by atoms with Crippen LogP contribution < -0.4 is 0 Å². The molecule has 1 amide bonds. The van der Waals surface area contributed by atoms with Crippen LogP contribution in [-0.4, -0.2) is 37.3 Å². The second-order valence-electron chi connectivity index (χ2n) is 8.52. The van der Waals surface area contributed by atoms with E-state index in [2.05, 4.69) is 21.0 Å². The van der Waals surface area contributed by atoms with Crippen molar-refractivity contribution in [2.24, 2.45) is 0 Å². The largest absolute Gasteiger partial charge is 0.434 e. The molecule has 8 heteroatoms. The van der Waals surface area contributed by atoms with Crippen LogP contribution in [0.5, 0.6) is 0 Å². The Labute approximate surface area is 184 Å². The Balaban J connectivity index is 1.60. The molecule has 1 aliphatic heterocycles. The first-order valence-electron chi connectivity index (χ1n) is 10.5. The number of para-hydroxylation sites is 1. The molecule has 3 aromatic heterocycles. The number of aryl methyl sites for hydroxylation is 1. The average Bonchev–Trinajstić information content (AvgIpc) is 3.44. The van der Waals surface area contributed by atoms with Gasteiger partial charge in [-0.15, -0.1) is 0 Å². The van der Waals surface area contributed by atoms with Crippen LogP contribution in [0.25, 0.3) is 10.9 Å². The molecule has 1 aliphatic rings. The summed E-state index contributed by atoms with van der Waals surface area (Å²) in [7, 11) is 0. The third kappa shape index (κ3) is 3.14. The third-order valence-electron chi connectivity index (χ3n) is 5.89. The van der Waals surface area contributed by atoms with Crippen molar-refractivity contribution >= 4 is 16.8 Å². The van der Waals surface area contributed by atoms with Gasteiger partial charge in [0, 0.05) is 24.0 Å². The number of fused-ring (bicyclic) bond motifs is 2. The standard InChI is InChI=1S/C24H22N6O2/c1-14-21(32-23(28-14)24(2,3)12-25)22(31)30-11-10-17-19(27-13-26-17)20(30)18-9-8-15-6-4-5-7-16(15)29-18/h4-9,13,20H,10-11H2,1-3H3,(H,26,27)/t20-/m1/s1. The summed E-state index contributed by atoms with van der Waals surface area (Å²) in [5.41, 5.74) is 2.90. The Morgan fingerprint density at radius 2 is 2.06 bits per heavy atom. The number of aromatic nitrogens is 4. The van der Waals surface area contributed by atoms with Gasteiger partial charge in [-0.1, -0.05) is 24.3 Å². The molecule has 8 nitrogen and oxygen atoms in total. The molecular weight excluding hydrogens is 404 g/mol. The number of oxazole rings is 1. The van der Waals surface area contributed by atoms with Crippen molar-refractivity contribution in [3.63, 3.8) is 0 Å². The summed E-state index contributed by atoms with van der Waals surface area (Å²) < 4.78 is 5.84. The summed E-state index contributed by atoms with van der Waals surface area (Å²) in [5, 5.41) is 10.5. The minimum atomic E-state index is -0.931. The smallest absolute Gasteiger partial charge is 0.292 e. The summed E-state index contributed by atoms with van der Waals surface area (Å²) in [6.07, 6.45) is 2.30. The van der Waals surface area contributed by atoms with E-state index in [-0.39, 0.29) is 17.6 Å².